The zero-order valence-corrected chi connectivity index (χ0v) is 17.3. The average Bonchev–Trinajstić information content (AvgIpc) is 2.76. The third-order valence-electron chi connectivity index (χ3n) is 5.11. The van der Waals surface area contributed by atoms with Crippen molar-refractivity contribution in [2.24, 2.45) is 0 Å². The number of halogens is 2. The molecule has 7 heteroatoms. The highest BCUT2D eigenvalue weighted by Crippen LogP contribution is 2.29. The summed E-state index contributed by atoms with van der Waals surface area (Å²) in [5.74, 6) is 0.442. The third kappa shape index (κ3) is 4.24. The molecule has 0 unspecified atom stereocenters. The predicted molar refractivity (Wildman–Crippen MR) is 115 cm³/mol. The number of aromatic nitrogens is 1. The second-order valence-electron chi connectivity index (χ2n) is 7.10. The molecule has 1 amide bonds. The SMILES string of the molecule is Cc1cc(Cl)ccc1Oc1ncccc1C(=O)N1CCN(c2ccccc2F)CC1. The molecule has 0 N–H and O–H groups in total. The number of para-hydroxylation sites is 1. The minimum atomic E-state index is -0.251. The van der Waals surface area contributed by atoms with Gasteiger partial charge in [-0.3, -0.25) is 4.79 Å². The van der Waals surface area contributed by atoms with Crippen molar-refractivity contribution in [1.29, 1.82) is 0 Å². The van der Waals surface area contributed by atoms with Gasteiger partial charge >= 0.3 is 0 Å². The lowest BCUT2D eigenvalue weighted by Gasteiger charge is -2.36. The Hall–Kier alpha value is -3.12. The number of amides is 1. The third-order valence-corrected chi connectivity index (χ3v) is 5.34. The van der Waals surface area contributed by atoms with Gasteiger partial charge in [0.25, 0.3) is 5.91 Å². The van der Waals surface area contributed by atoms with Gasteiger partial charge in [-0.05, 0) is 55.0 Å². The number of aryl methyl sites for hydroxylation is 1. The minimum Gasteiger partial charge on any atom is -0.438 e. The molecule has 1 aliphatic heterocycles. The number of pyridine rings is 1. The van der Waals surface area contributed by atoms with E-state index < -0.39 is 0 Å². The standard InChI is InChI=1S/C23H21ClFN3O2/c1-16-15-17(24)8-9-21(16)30-22-18(5-4-10-26-22)23(29)28-13-11-27(12-14-28)20-7-3-2-6-19(20)25/h2-10,15H,11-14H2,1H3. The normalized spacial score (nSPS) is 14.0. The van der Waals surface area contributed by atoms with Crippen molar-refractivity contribution in [2.75, 3.05) is 31.1 Å². The molecule has 3 aromatic rings. The predicted octanol–water partition coefficient (Wildman–Crippen LogP) is 4.94. The minimum absolute atomic E-state index is 0.155. The zero-order valence-electron chi connectivity index (χ0n) is 16.5. The number of anilines is 1. The van der Waals surface area contributed by atoms with E-state index >= 15 is 0 Å². The van der Waals surface area contributed by atoms with Crippen LogP contribution in [-0.2, 0) is 0 Å². The fourth-order valence-electron chi connectivity index (χ4n) is 3.50. The summed E-state index contributed by atoms with van der Waals surface area (Å²) < 4.78 is 20.0. The summed E-state index contributed by atoms with van der Waals surface area (Å²) in [6.07, 6.45) is 1.59. The number of rotatable bonds is 4. The summed E-state index contributed by atoms with van der Waals surface area (Å²) in [6, 6.07) is 15.4. The highest BCUT2D eigenvalue weighted by Gasteiger charge is 2.26. The lowest BCUT2D eigenvalue weighted by Crippen LogP contribution is -2.49. The van der Waals surface area contributed by atoms with Crippen molar-refractivity contribution in [1.82, 2.24) is 9.88 Å². The first kappa shape index (κ1) is 20.2. The zero-order chi connectivity index (χ0) is 21.1. The number of hydrogen-bond acceptors (Lipinski definition) is 4. The van der Waals surface area contributed by atoms with E-state index in [4.69, 9.17) is 16.3 Å². The van der Waals surface area contributed by atoms with Gasteiger partial charge in [-0.2, -0.15) is 0 Å². The van der Waals surface area contributed by atoms with Crippen LogP contribution in [0.1, 0.15) is 15.9 Å². The molecule has 2 aromatic carbocycles. The largest absolute Gasteiger partial charge is 0.438 e. The molecule has 0 saturated carbocycles. The molecule has 1 aromatic heterocycles. The molecule has 0 aliphatic carbocycles. The molecule has 1 saturated heterocycles. The van der Waals surface area contributed by atoms with Gasteiger partial charge in [0.2, 0.25) is 5.88 Å². The molecule has 30 heavy (non-hydrogen) atoms. The maximum atomic E-state index is 14.1. The van der Waals surface area contributed by atoms with Crippen LogP contribution in [0.15, 0.2) is 60.8 Å². The molecule has 1 fully saturated rings. The summed E-state index contributed by atoms with van der Waals surface area (Å²) in [4.78, 5) is 21.1. The van der Waals surface area contributed by atoms with Gasteiger partial charge in [-0.1, -0.05) is 23.7 Å². The topological polar surface area (TPSA) is 45.7 Å². The van der Waals surface area contributed by atoms with Crippen LogP contribution in [0.4, 0.5) is 10.1 Å². The Morgan fingerprint density at radius 2 is 1.83 bits per heavy atom. The highest BCUT2D eigenvalue weighted by atomic mass is 35.5. The fourth-order valence-corrected chi connectivity index (χ4v) is 3.72. The lowest BCUT2D eigenvalue weighted by molar-refractivity contribution is 0.0743. The van der Waals surface area contributed by atoms with E-state index in [1.165, 1.54) is 6.07 Å². The second-order valence-corrected chi connectivity index (χ2v) is 7.54. The van der Waals surface area contributed by atoms with E-state index in [-0.39, 0.29) is 17.6 Å². The Morgan fingerprint density at radius 3 is 2.57 bits per heavy atom. The molecular formula is C23H21ClFN3O2. The molecule has 2 heterocycles. The number of ether oxygens (including phenoxy) is 1. The van der Waals surface area contributed by atoms with Crippen LogP contribution in [0.2, 0.25) is 5.02 Å². The summed E-state index contributed by atoms with van der Waals surface area (Å²) >= 11 is 6.01. The first-order valence-electron chi connectivity index (χ1n) is 9.70. The van der Waals surface area contributed by atoms with Crippen LogP contribution >= 0.6 is 11.6 Å². The molecule has 0 atom stereocenters. The molecule has 0 bridgehead atoms. The molecule has 1 aliphatic rings. The fraction of sp³-hybridized carbons (Fsp3) is 0.217. The summed E-state index contributed by atoms with van der Waals surface area (Å²) in [5.41, 5.74) is 1.81. The van der Waals surface area contributed by atoms with Crippen LogP contribution < -0.4 is 9.64 Å². The van der Waals surface area contributed by atoms with Crippen molar-refractivity contribution in [2.45, 2.75) is 6.92 Å². The number of carbonyl (C=O) groups is 1. The van der Waals surface area contributed by atoms with Gasteiger partial charge in [0.15, 0.2) is 0 Å². The summed E-state index contributed by atoms with van der Waals surface area (Å²) in [5, 5.41) is 0.616. The van der Waals surface area contributed by atoms with E-state index in [0.717, 1.165) is 5.56 Å². The van der Waals surface area contributed by atoms with Gasteiger partial charge in [-0.15, -0.1) is 0 Å². The molecular weight excluding hydrogens is 405 g/mol. The number of nitrogens with zero attached hydrogens (tertiary/aromatic N) is 3. The van der Waals surface area contributed by atoms with Crippen LogP contribution in [-0.4, -0.2) is 42.0 Å². The van der Waals surface area contributed by atoms with Crippen molar-refractivity contribution in [3.63, 3.8) is 0 Å². The van der Waals surface area contributed by atoms with Crippen molar-refractivity contribution < 1.29 is 13.9 Å². The maximum Gasteiger partial charge on any atom is 0.259 e. The quantitative estimate of drug-likeness (QED) is 0.594. The Kier molecular flexibility index (Phi) is 5.86. The van der Waals surface area contributed by atoms with E-state index in [2.05, 4.69) is 4.98 Å². The second kappa shape index (κ2) is 8.71. The van der Waals surface area contributed by atoms with Crippen molar-refractivity contribution >= 4 is 23.2 Å². The molecule has 4 rings (SSSR count). The van der Waals surface area contributed by atoms with Crippen molar-refractivity contribution in [3.05, 3.63) is 82.8 Å². The first-order valence-corrected chi connectivity index (χ1v) is 10.1. The highest BCUT2D eigenvalue weighted by molar-refractivity contribution is 6.30. The Labute approximate surface area is 179 Å². The molecule has 5 nitrogen and oxygen atoms in total. The Balaban J connectivity index is 1.49. The number of hydrogen-bond donors (Lipinski definition) is 0. The van der Waals surface area contributed by atoms with Crippen LogP contribution in [0.25, 0.3) is 0 Å². The average molecular weight is 426 g/mol. The Morgan fingerprint density at radius 1 is 1.07 bits per heavy atom. The molecule has 0 spiro atoms. The van der Waals surface area contributed by atoms with E-state index in [0.29, 0.717) is 48.2 Å². The van der Waals surface area contributed by atoms with Crippen LogP contribution in [0, 0.1) is 12.7 Å². The van der Waals surface area contributed by atoms with Gasteiger partial charge in [0, 0.05) is 37.4 Å². The smallest absolute Gasteiger partial charge is 0.259 e. The Bertz CT molecular complexity index is 1070. The van der Waals surface area contributed by atoms with Crippen LogP contribution in [0.3, 0.4) is 0 Å². The lowest BCUT2D eigenvalue weighted by atomic mass is 10.2. The number of benzene rings is 2. The molecule has 154 valence electrons. The maximum absolute atomic E-state index is 14.1. The van der Waals surface area contributed by atoms with Gasteiger partial charge in [0.05, 0.1) is 5.69 Å². The monoisotopic (exact) mass is 425 g/mol. The van der Waals surface area contributed by atoms with E-state index in [9.17, 15) is 9.18 Å². The van der Waals surface area contributed by atoms with Crippen LogP contribution in [0.5, 0.6) is 11.6 Å². The molecule has 0 radical (unpaired) electrons. The van der Waals surface area contributed by atoms with Crippen molar-refractivity contribution in [3.8, 4) is 11.6 Å². The van der Waals surface area contributed by atoms with E-state index in [1.807, 2.05) is 17.9 Å². The van der Waals surface area contributed by atoms with E-state index in [1.54, 1.807) is 53.6 Å². The first-order chi connectivity index (χ1) is 14.5. The van der Waals surface area contributed by atoms with Gasteiger partial charge < -0.3 is 14.5 Å². The van der Waals surface area contributed by atoms with Gasteiger partial charge in [-0.25, -0.2) is 9.37 Å². The van der Waals surface area contributed by atoms with Gasteiger partial charge in [0.1, 0.15) is 17.1 Å². The summed E-state index contributed by atoms with van der Waals surface area (Å²) in [6.45, 7) is 3.97. The summed E-state index contributed by atoms with van der Waals surface area (Å²) in [7, 11) is 0. The number of piperazine rings is 1. The number of carbonyl (C=O) groups excluding carboxylic acids is 1.